The van der Waals surface area contributed by atoms with Gasteiger partial charge in [0.2, 0.25) is 0 Å². The number of nitrogens with zero attached hydrogens (tertiary/aromatic N) is 4. The number of benzene rings is 1. The van der Waals surface area contributed by atoms with E-state index in [4.69, 9.17) is 11.6 Å². The zero-order valence-electron chi connectivity index (χ0n) is 14.9. The Bertz CT molecular complexity index is 1490. The quantitative estimate of drug-likeness (QED) is 0.444. The number of hydrogen-bond acceptors (Lipinski definition) is 5. The summed E-state index contributed by atoms with van der Waals surface area (Å²) in [5.41, 5.74) is 2.26. The zero-order chi connectivity index (χ0) is 20.0. The van der Waals surface area contributed by atoms with E-state index in [1.54, 1.807) is 12.1 Å². The molecule has 0 saturated heterocycles. The number of thiophene rings is 1. The van der Waals surface area contributed by atoms with E-state index in [1.807, 2.05) is 36.4 Å². The number of rotatable bonds is 3. The second kappa shape index (κ2) is 6.95. The first-order chi connectivity index (χ1) is 14.1. The Kier molecular flexibility index (Phi) is 4.26. The van der Waals surface area contributed by atoms with Gasteiger partial charge in [-0.1, -0.05) is 41.9 Å². The van der Waals surface area contributed by atoms with Gasteiger partial charge < -0.3 is 0 Å². The predicted molar refractivity (Wildman–Crippen MR) is 115 cm³/mol. The van der Waals surface area contributed by atoms with Gasteiger partial charge in [-0.15, -0.1) is 11.3 Å². The molecule has 6 nitrogen and oxygen atoms in total. The molecule has 0 aliphatic rings. The molecule has 29 heavy (non-hydrogen) atoms. The Labute approximate surface area is 173 Å². The highest BCUT2D eigenvalue weighted by atomic mass is 35.5. The van der Waals surface area contributed by atoms with Crippen LogP contribution < -0.4 is 11.1 Å². The molecule has 5 aromatic rings. The average Bonchev–Trinajstić information content (AvgIpc) is 3.17. The van der Waals surface area contributed by atoms with Crippen LogP contribution in [0.25, 0.3) is 26.3 Å². The summed E-state index contributed by atoms with van der Waals surface area (Å²) in [4.78, 5) is 35.2. The van der Waals surface area contributed by atoms with Crippen LogP contribution >= 0.6 is 22.9 Å². The van der Waals surface area contributed by atoms with E-state index in [1.165, 1.54) is 38.9 Å². The average molecular weight is 421 g/mol. The molecule has 142 valence electrons. The molecular weight excluding hydrogens is 408 g/mol. The number of aromatic nitrogens is 4. The minimum Gasteiger partial charge on any atom is -0.292 e. The predicted octanol–water partition coefficient (Wildman–Crippen LogP) is 3.83. The van der Waals surface area contributed by atoms with Crippen molar-refractivity contribution in [2.45, 2.75) is 6.54 Å². The molecule has 8 heteroatoms. The third kappa shape index (κ3) is 3.24. The Morgan fingerprint density at radius 2 is 1.86 bits per heavy atom. The normalized spacial score (nSPS) is 11.3. The summed E-state index contributed by atoms with van der Waals surface area (Å²) < 4.78 is 3.43. The fourth-order valence-electron chi connectivity index (χ4n) is 3.18. The molecular formula is C21H13ClN4O2S. The smallest absolute Gasteiger partial charge is 0.271 e. The maximum atomic E-state index is 13.0. The Morgan fingerprint density at radius 1 is 1.03 bits per heavy atom. The van der Waals surface area contributed by atoms with Crippen LogP contribution in [0.3, 0.4) is 0 Å². The Balaban J connectivity index is 1.57. The van der Waals surface area contributed by atoms with Crippen LogP contribution in [0, 0.1) is 0 Å². The van der Waals surface area contributed by atoms with Crippen LogP contribution in [0.4, 0.5) is 0 Å². The lowest BCUT2D eigenvalue weighted by molar-refractivity contribution is 0.728. The van der Waals surface area contributed by atoms with E-state index in [9.17, 15) is 9.59 Å². The molecule has 0 aliphatic heterocycles. The van der Waals surface area contributed by atoms with Crippen LogP contribution in [0.5, 0.6) is 0 Å². The molecule has 5 rings (SSSR count). The summed E-state index contributed by atoms with van der Waals surface area (Å²) in [5.74, 6) is 0. The van der Waals surface area contributed by atoms with Crippen LogP contribution in [-0.4, -0.2) is 18.9 Å². The van der Waals surface area contributed by atoms with E-state index in [-0.39, 0.29) is 17.7 Å². The highest BCUT2D eigenvalue weighted by Gasteiger charge is 2.12. The van der Waals surface area contributed by atoms with Crippen LogP contribution in [0.2, 0.25) is 5.02 Å². The minimum absolute atomic E-state index is 0.153. The molecule has 0 N–H and O–H groups in total. The van der Waals surface area contributed by atoms with Crippen molar-refractivity contribution < 1.29 is 0 Å². The molecule has 0 bridgehead atoms. The zero-order valence-corrected chi connectivity index (χ0v) is 16.5. The van der Waals surface area contributed by atoms with Crippen LogP contribution in [0.15, 0.2) is 76.7 Å². The molecule has 4 heterocycles. The molecule has 0 unspecified atom stereocenters. The van der Waals surface area contributed by atoms with Gasteiger partial charge in [-0.05, 0) is 23.8 Å². The van der Waals surface area contributed by atoms with Gasteiger partial charge in [-0.3, -0.25) is 18.6 Å². The van der Waals surface area contributed by atoms with Crippen molar-refractivity contribution >= 4 is 38.8 Å². The number of fused-ring (bicyclic) bond motifs is 2. The van der Waals surface area contributed by atoms with Crippen molar-refractivity contribution in [2.24, 2.45) is 0 Å². The fourth-order valence-corrected chi connectivity index (χ4v) is 4.41. The van der Waals surface area contributed by atoms with E-state index < -0.39 is 0 Å². The van der Waals surface area contributed by atoms with E-state index in [0.29, 0.717) is 26.6 Å². The van der Waals surface area contributed by atoms with E-state index in [0.717, 1.165) is 10.4 Å². The second-order valence-corrected chi connectivity index (χ2v) is 8.02. The van der Waals surface area contributed by atoms with E-state index >= 15 is 0 Å². The largest absolute Gasteiger partial charge is 0.292 e. The molecule has 0 aliphatic carbocycles. The molecule has 0 spiro atoms. The SMILES string of the molecule is O=c1c2sc(-c3ccccc3)cc2ncn1Cc1cc(=O)n2cc(Cl)ccc2n1. The topological polar surface area (TPSA) is 69.3 Å². The Hall–Kier alpha value is -3.29. The third-order valence-corrected chi connectivity index (χ3v) is 5.96. The Morgan fingerprint density at radius 3 is 2.69 bits per heavy atom. The van der Waals surface area contributed by atoms with Gasteiger partial charge >= 0.3 is 0 Å². The highest BCUT2D eigenvalue weighted by molar-refractivity contribution is 7.22. The van der Waals surface area contributed by atoms with Gasteiger partial charge in [0.25, 0.3) is 11.1 Å². The molecule has 0 radical (unpaired) electrons. The van der Waals surface area contributed by atoms with Gasteiger partial charge in [0.15, 0.2) is 0 Å². The first-order valence-electron chi connectivity index (χ1n) is 8.81. The number of pyridine rings is 1. The first kappa shape index (κ1) is 17.8. The van der Waals surface area contributed by atoms with Crippen molar-refractivity contribution in [1.29, 1.82) is 0 Å². The summed E-state index contributed by atoms with van der Waals surface area (Å²) in [6.07, 6.45) is 3.02. The van der Waals surface area contributed by atoms with Crippen molar-refractivity contribution in [2.75, 3.05) is 0 Å². The lowest BCUT2D eigenvalue weighted by Gasteiger charge is -2.06. The summed E-state index contributed by atoms with van der Waals surface area (Å²) in [6, 6.07) is 16.5. The number of hydrogen-bond donors (Lipinski definition) is 0. The fraction of sp³-hybridized carbons (Fsp3) is 0.0476. The molecule has 1 aromatic carbocycles. The van der Waals surface area contributed by atoms with Gasteiger partial charge in [-0.2, -0.15) is 0 Å². The molecule has 0 saturated carbocycles. The monoisotopic (exact) mass is 420 g/mol. The van der Waals surface area contributed by atoms with Gasteiger partial charge in [0, 0.05) is 17.1 Å². The van der Waals surface area contributed by atoms with Crippen LogP contribution in [-0.2, 0) is 6.54 Å². The molecule has 0 fully saturated rings. The lowest BCUT2D eigenvalue weighted by Crippen LogP contribution is -2.23. The highest BCUT2D eigenvalue weighted by Crippen LogP contribution is 2.30. The summed E-state index contributed by atoms with van der Waals surface area (Å²) in [6.45, 7) is 0.161. The van der Waals surface area contributed by atoms with Gasteiger partial charge in [0.1, 0.15) is 10.3 Å². The maximum absolute atomic E-state index is 13.0. The maximum Gasteiger partial charge on any atom is 0.271 e. The van der Waals surface area contributed by atoms with Crippen LogP contribution in [0.1, 0.15) is 5.69 Å². The minimum atomic E-state index is -0.253. The number of halogens is 1. The molecule has 0 amide bonds. The third-order valence-electron chi connectivity index (χ3n) is 4.57. The van der Waals surface area contributed by atoms with E-state index in [2.05, 4.69) is 9.97 Å². The van der Waals surface area contributed by atoms with Crippen molar-refractivity contribution in [3.05, 3.63) is 98.5 Å². The van der Waals surface area contributed by atoms with Crippen molar-refractivity contribution in [1.82, 2.24) is 18.9 Å². The molecule has 0 atom stereocenters. The summed E-state index contributed by atoms with van der Waals surface area (Å²) in [7, 11) is 0. The standard InChI is InChI=1S/C21H13ClN4O2S/c22-14-6-7-18-24-15(8-19(27)26(18)10-14)11-25-12-23-16-9-17(29-20(16)21(25)28)13-4-2-1-3-5-13/h1-10,12H,11H2. The van der Waals surface area contributed by atoms with Crippen molar-refractivity contribution in [3.63, 3.8) is 0 Å². The second-order valence-electron chi connectivity index (χ2n) is 6.53. The summed E-state index contributed by atoms with van der Waals surface area (Å²) >= 11 is 7.35. The first-order valence-corrected chi connectivity index (χ1v) is 10.0. The van der Waals surface area contributed by atoms with Gasteiger partial charge in [0.05, 0.1) is 29.1 Å². The van der Waals surface area contributed by atoms with Gasteiger partial charge in [-0.25, -0.2) is 9.97 Å². The lowest BCUT2D eigenvalue weighted by atomic mass is 10.2. The molecule has 4 aromatic heterocycles. The summed E-state index contributed by atoms with van der Waals surface area (Å²) in [5, 5.41) is 0.451. The van der Waals surface area contributed by atoms with Crippen molar-refractivity contribution in [3.8, 4) is 10.4 Å².